The van der Waals surface area contributed by atoms with Gasteiger partial charge < -0.3 is 0 Å². The number of nitrogens with zero attached hydrogens (tertiary/aromatic N) is 1. The third-order valence-corrected chi connectivity index (χ3v) is 3.95. The highest BCUT2D eigenvalue weighted by Gasteiger charge is 2.15. The molecule has 0 saturated heterocycles. The molecule has 2 heterocycles. The van der Waals surface area contributed by atoms with Gasteiger partial charge in [-0.05, 0) is 59.5 Å². The van der Waals surface area contributed by atoms with Gasteiger partial charge >= 0.3 is 0 Å². The normalized spacial score (nSPS) is 14.4. The van der Waals surface area contributed by atoms with Gasteiger partial charge in [0.1, 0.15) is 0 Å². The standard InChI is InChI=1S/C14H13NS/c1-10-12(6-8-16-10)14-4-2-3-11-9-15-7-5-13(11)14/h4-9H,2-3H2,1H3. The minimum Gasteiger partial charge on any atom is -0.264 e. The van der Waals surface area contributed by atoms with Gasteiger partial charge in [-0.1, -0.05) is 6.08 Å². The van der Waals surface area contributed by atoms with Crippen molar-refractivity contribution >= 4 is 16.9 Å². The molecule has 0 atom stereocenters. The average molecular weight is 227 g/mol. The molecule has 1 aliphatic rings. The minimum atomic E-state index is 1.12. The first-order valence-corrected chi connectivity index (χ1v) is 6.42. The Labute approximate surface area is 99.5 Å². The van der Waals surface area contributed by atoms with Crippen LogP contribution in [0.2, 0.25) is 0 Å². The molecule has 0 fully saturated rings. The van der Waals surface area contributed by atoms with Gasteiger partial charge in [-0.15, -0.1) is 11.3 Å². The van der Waals surface area contributed by atoms with Crippen LogP contribution in [0, 0.1) is 6.92 Å². The lowest BCUT2D eigenvalue weighted by atomic mass is 9.88. The van der Waals surface area contributed by atoms with Crippen LogP contribution in [0.15, 0.2) is 36.0 Å². The van der Waals surface area contributed by atoms with Crippen molar-refractivity contribution in [1.82, 2.24) is 4.98 Å². The molecule has 0 aromatic carbocycles. The van der Waals surface area contributed by atoms with Crippen LogP contribution >= 0.6 is 11.3 Å². The minimum absolute atomic E-state index is 1.12. The Kier molecular flexibility index (Phi) is 2.37. The summed E-state index contributed by atoms with van der Waals surface area (Å²) in [5, 5.41) is 2.17. The van der Waals surface area contributed by atoms with Crippen LogP contribution in [0.3, 0.4) is 0 Å². The summed E-state index contributed by atoms with van der Waals surface area (Å²) in [7, 11) is 0. The van der Waals surface area contributed by atoms with Crippen LogP contribution in [0.5, 0.6) is 0 Å². The molecule has 0 radical (unpaired) electrons. The van der Waals surface area contributed by atoms with E-state index >= 15 is 0 Å². The van der Waals surface area contributed by atoms with Crippen LogP contribution in [-0.2, 0) is 6.42 Å². The summed E-state index contributed by atoms with van der Waals surface area (Å²) in [5.74, 6) is 0. The van der Waals surface area contributed by atoms with Crippen LogP contribution in [0.25, 0.3) is 5.57 Å². The second-order valence-corrected chi connectivity index (χ2v) is 5.20. The van der Waals surface area contributed by atoms with E-state index in [1.807, 2.05) is 23.7 Å². The summed E-state index contributed by atoms with van der Waals surface area (Å²) in [4.78, 5) is 5.61. The van der Waals surface area contributed by atoms with E-state index in [1.54, 1.807) is 0 Å². The smallest absolute Gasteiger partial charge is 0.0306 e. The molecule has 2 heteroatoms. The topological polar surface area (TPSA) is 12.9 Å². The fourth-order valence-corrected chi connectivity index (χ4v) is 3.00. The predicted molar refractivity (Wildman–Crippen MR) is 68.7 cm³/mol. The van der Waals surface area contributed by atoms with Gasteiger partial charge in [0.15, 0.2) is 0 Å². The van der Waals surface area contributed by atoms with E-state index < -0.39 is 0 Å². The molecule has 1 aliphatic carbocycles. The Morgan fingerprint density at radius 2 is 2.19 bits per heavy atom. The van der Waals surface area contributed by atoms with Crippen LogP contribution in [0.4, 0.5) is 0 Å². The van der Waals surface area contributed by atoms with E-state index in [-0.39, 0.29) is 0 Å². The van der Waals surface area contributed by atoms with Crippen LogP contribution < -0.4 is 0 Å². The first-order valence-electron chi connectivity index (χ1n) is 5.54. The number of hydrogen-bond donors (Lipinski definition) is 0. The van der Waals surface area contributed by atoms with Gasteiger partial charge in [0.05, 0.1) is 0 Å². The molecular weight excluding hydrogens is 214 g/mol. The SMILES string of the molecule is Cc1sccc1C1=CCCc2cnccc21. The highest BCUT2D eigenvalue weighted by molar-refractivity contribution is 7.10. The van der Waals surface area contributed by atoms with Crippen molar-refractivity contribution in [3.8, 4) is 0 Å². The highest BCUT2D eigenvalue weighted by Crippen LogP contribution is 2.34. The highest BCUT2D eigenvalue weighted by atomic mass is 32.1. The van der Waals surface area contributed by atoms with Crippen LogP contribution in [-0.4, -0.2) is 4.98 Å². The molecule has 0 saturated carbocycles. The summed E-state index contributed by atoms with van der Waals surface area (Å²) in [5.41, 5.74) is 5.52. The third-order valence-electron chi connectivity index (χ3n) is 3.10. The van der Waals surface area contributed by atoms with Crippen molar-refractivity contribution in [3.63, 3.8) is 0 Å². The summed E-state index contributed by atoms with van der Waals surface area (Å²) in [6.45, 7) is 2.19. The van der Waals surface area contributed by atoms with Crippen molar-refractivity contribution in [2.45, 2.75) is 19.8 Å². The van der Waals surface area contributed by atoms with Crippen molar-refractivity contribution in [2.24, 2.45) is 0 Å². The predicted octanol–water partition coefficient (Wildman–Crippen LogP) is 3.83. The molecule has 0 aliphatic heterocycles. The van der Waals surface area contributed by atoms with Crippen molar-refractivity contribution < 1.29 is 0 Å². The maximum atomic E-state index is 4.21. The van der Waals surface area contributed by atoms with E-state index in [4.69, 9.17) is 0 Å². The zero-order valence-electron chi connectivity index (χ0n) is 9.23. The second kappa shape index (κ2) is 3.87. The molecule has 0 unspecified atom stereocenters. The molecule has 0 N–H and O–H groups in total. The molecule has 0 bridgehead atoms. The summed E-state index contributed by atoms with van der Waals surface area (Å²) in [6, 6.07) is 4.36. The number of pyridine rings is 1. The first-order chi connectivity index (χ1) is 7.86. The number of aryl methyl sites for hydroxylation is 2. The van der Waals surface area contributed by atoms with Crippen molar-refractivity contribution in [1.29, 1.82) is 0 Å². The van der Waals surface area contributed by atoms with Gasteiger partial charge in [-0.25, -0.2) is 0 Å². The molecule has 16 heavy (non-hydrogen) atoms. The number of allylic oxidation sites excluding steroid dienone is 1. The summed E-state index contributed by atoms with van der Waals surface area (Å²) in [6.07, 6.45) is 8.50. The maximum absolute atomic E-state index is 4.21. The van der Waals surface area contributed by atoms with E-state index in [2.05, 4.69) is 35.5 Å². The lowest BCUT2D eigenvalue weighted by Crippen LogP contribution is -2.01. The van der Waals surface area contributed by atoms with Gasteiger partial charge in [0.25, 0.3) is 0 Å². The second-order valence-electron chi connectivity index (χ2n) is 4.08. The quantitative estimate of drug-likeness (QED) is 0.721. The van der Waals surface area contributed by atoms with E-state index in [0.717, 1.165) is 12.8 Å². The Balaban J connectivity index is 2.16. The van der Waals surface area contributed by atoms with E-state index in [0.29, 0.717) is 0 Å². The lowest BCUT2D eigenvalue weighted by molar-refractivity contribution is 0.963. The number of aromatic nitrogens is 1. The van der Waals surface area contributed by atoms with Crippen LogP contribution in [0.1, 0.15) is 28.0 Å². The van der Waals surface area contributed by atoms with E-state index in [9.17, 15) is 0 Å². The lowest BCUT2D eigenvalue weighted by Gasteiger charge is -2.17. The summed E-state index contributed by atoms with van der Waals surface area (Å²) < 4.78 is 0. The Morgan fingerprint density at radius 3 is 3.00 bits per heavy atom. The van der Waals surface area contributed by atoms with Gasteiger partial charge in [0, 0.05) is 17.3 Å². The zero-order valence-corrected chi connectivity index (χ0v) is 10.1. The maximum Gasteiger partial charge on any atom is 0.0306 e. The third kappa shape index (κ3) is 1.50. The fourth-order valence-electron chi connectivity index (χ4n) is 2.29. The molecule has 0 spiro atoms. The van der Waals surface area contributed by atoms with Crippen molar-refractivity contribution in [3.05, 3.63) is 57.6 Å². The zero-order chi connectivity index (χ0) is 11.0. The Hall–Kier alpha value is -1.41. The Morgan fingerprint density at radius 1 is 1.25 bits per heavy atom. The number of hydrogen-bond acceptors (Lipinski definition) is 2. The van der Waals surface area contributed by atoms with Gasteiger partial charge in [-0.3, -0.25) is 4.98 Å². The number of thiophene rings is 1. The molecule has 0 amide bonds. The molecule has 2 aromatic heterocycles. The Bertz CT molecular complexity index is 551. The first kappa shape index (κ1) is 9.79. The molecule has 1 nitrogen and oxygen atoms in total. The van der Waals surface area contributed by atoms with Gasteiger partial charge in [-0.2, -0.15) is 0 Å². The molecule has 2 aromatic rings. The van der Waals surface area contributed by atoms with E-state index in [1.165, 1.54) is 27.1 Å². The molecule has 80 valence electrons. The molecular formula is C14H13NS. The van der Waals surface area contributed by atoms with Gasteiger partial charge in [0.2, 0.25) is 0 Å². The average Bonchev–Trinajstić information content (AvgIpc) is 2.75. The largest absolute Gasteiger partial charge is 0.264 e. The number of rotatable bonds is 1. The fraction of sp³-hybridized carbons (Fsp3) is 0.214. The molecule has 3 rings (SSSR count). The van der Waals surface area contributed by atoms with Crippen molar-refractivity contribution in [2.75, 3.05) is 0 Å². The monoisotopic (exact) mass is 227 g/mol. The number of fused-ring (bicyclic) bond motifs is 1. The summed E-state index contributed by atoms with van der Waals surface area (Å²) >= 11 is 1.82.